The first-order valence-electron chi connectivity index (χ1n) is 5.64. The van der Waals surface area contributed by atoms with E-state index in [0.717, 1.165) is 19.3 Å². The predicted octanol–water partition coefficient (Wildman–Crippen LogP) is 1.40. The van der Waals surface area contributed by atoms with Gasteiger partial charge >= 0.3 is 5.97 Å². The molecule has 1 rings (SSSR count). The second-order valence-electron chi connectivity index (χ2n) is 3.68. The number of carboxylic acids is 1. The minimum Gasteiger partial charge on any atom is -0.545 e. The largest absolute Gasteiger partial charge is 0.545 e. The van der Waals surface area contributed by atoms with Crippen LogP contribution in [0, 0.1) is 0 Å². The van der Waals surface area contributed by atoms with E-state index in [4.69, 9.17) is 4.74 Å². The number of carbonyl (C=O) groups excluding carboxylic acids is 2. The molecule has 0 radical (unpaired) electrons. The topological polar surface area (TPSA) is 66.4 Å². The minimum atomic E-state index is -1.37. The van der Waals surface area contributed by atoms with Gasteiger partial charge in [-0.3, -0.25) is 0 Å². The molecule has 17 heavy (non-hydrogen) atoms. The van der Waals surface area contributed by atoms with Gasteiger partial charge in [-0.1, -0.05) is 38.0 Å². The number of unbranched alkanes of at least 4 members (excludes halogenated alkanes) is 2. The highest BCUT2D eigenvalue weighted by atomic mass is 16.5. The fraction of sp³-hybridized carbons (Fsp3) is 0.385. The smallest absolute Gasteiger partial charge is 0.338 e. The molecule has 0 spiro atoms. The Labute approximate surface area is 100 Å². The van der Waals surface area contributed by atoms with Crippen molar-refractivity contribution in [1.82, 2.24) is 0 Å². The third-order valence-electron chi connectivity index (χ3n) is 2.35. The van der Waals surface area contributed by atoms with Crippen molar-refractivity contribution in [2.45, 2.75) is 26.2 Å². The molecule has 0 saturated carbocycles. The van der Waals surface area contributed by atoms with Gasteiger partial charge in [-0.2, -0.15) is 0 Å². The van der Waals surface area contributed by atoms with E-state index in [2.05, 4.69) is 0 Å². The first kappa shape index (κ1) is 13.2. The zero-order chi connectivity index (χ0) is 12.7. The third-order valence-corrected chi connectivity index (χ3v) is 2.35. The molecule has 1 aromatic rings. The van der Waals surface area contributed by atoms with Crippen LogP contribution in [0.2, 0.25) is 0 Å². The summed E-state index contributed by atoms with van der Waals surface area (Å²) in [6.45, 7) is 2.36. The highest BCUT2D eigenvalue weighted by molar-refractivity contribution is 6.01. The summed E-state index contributed by atoms with van der Waals surface area (Å²) in [7, 11) is 0. The Kier molecular flexibility index (Phi) is 5.20. The molecule has 0 heterocycles. The van der Waals surface area contributed by atoms with Gasteiger partial charge in [-0.15, -0.1) is 0 Å². The average molecular weight is 235 g/mol. The van der Waals surface area contributed by atoms with Crippen LogP contribution in [-0.4, -0.2) is 18.5 Å². The summed E-state index contributed by atoms with van der Waals surface area (Å²) in [6.07, 6.45) is 2.80. The summed E-state index contributed by atoms with van der Waals surface area (Å²) in [5.74, 6) is -1.98. The Morgan fingerprint density at radius 2 is 1.82 bits per heavy atom. The fourth-order valence-corrected chi connectivity index (χ4v) is 1.43. The molecule has 92 valence electrons. The number of esters is 1. The number of benzene rings is 1. The Morgan fingerprint density at radius 3 is 2.41 bits per heavy atom. The van der Waals surface area contributed by atoms with Crippen LogP contribution in [0.4, 0.5) is 0 Å². The molecule has 0 amide bonds. The van der Waals surface area contributed by atoms with E-state index >= 15 is 0 Å². The summed E-state index contributed by atoms with van der Waals surface area (Å²) in [4.78, 5) is 22.4. The SMILES string of the molecule is CCCCCOC(=O)c1ccccc1C(=O)[O-]. The van der Waals surface area contributed by atoms with Crippen LogP contribution in [0.25, 0.3) is 0 Å². The summed E-state index contributed by atoms with van der Waals surface area (Å²) in [5.41, 5.74) is -0.0861. The molecule has 4 heteroatoms. The summed E-state index contributed by atoms with van der Waals surface area (Å²) in [6, 6.07) is 5.89. The lowest BCUT2D eigenvalue weighted by Crippen LogP contribution is -2.25. The van der Waals surface area contributed by atoms with E-state index in [9.17, 15) is 14.7 Å². The lowest BCUT2D eigenvalue weighted by atomic mass is 10.1. The molecule has 0 bridgehead atoms. The van der Waals surface area contributed by atoms with Crippen molar-refractivity contribution in [3.63, 3.8) is 0 Å². The first-order valence-corrected chi connectivity index (χ1v) is 5.64. The molecule has 0 fully saturated rings. The van der Waals surface area contributed by atoms with Crippen molar-refractivity contribution >= 4 is 11.9 Å². The lowest BCUT2D eigenvalue weighted by Gasteiger charge is -2.09. The van der Waals surface area contributed by atoms with Crippen LogP contribution in [0.3, 0.4) is 0 Å². The van der Waals surface area contributed by atoms with Crippen LogP contribution >= 0.6 is 0 Å². The van der Waals surface area contributed by atoms with Gasteiger partial charge in [-0.25, -0.2) is 4.79 Å². The quantitative estimate of drug-likeness (QED) is 0.552. The zero-order valence-electron chi connectivity index (χ0n) is 9.77. The molecule has 0 N–H and O–H groups in total. The maximum atomic E-state index is 11.6. The van der Waals surface area contributed by atoms with Gasteiger partial charge < -0.3 is 14.6 Å². The van der Waals surface area contributed by atoms with Crippen LogP contribution in [0.5, 0.6) is 0 Å². The van der Waals surface area contributed by atoms with Crippen molar-refractivity contribution < 1.29 is 19.4 Å². The van der Waals surface area contributed by atoms with Crippen LogP contribution in [0.15, 0.2) is 24.3 Å². The van der Waals surface area contributed by atoms with Crippen molar-refractivity contribution in [2.75, 3.05) is 6.61 Å². The standard InChI is InChI=1S/C13H16O4/c1-2-3-6-9-17-13(16)11-8-5-4-7-10(11)12(14)15/h4-5,7-8H,2-3,6,9H2,1H3,(H,14,15)/p-1. The van der Waals surface area contributed by atoms with Gasteiger partial charge in [-0.05, 0) is 12.5 Å². The predicted molar refractivity (Wildman–Crippen MR) is 60.6 cm³/mol. The van der Waals surface area contributed by atoms with E-state index in [1.165, 1.54) is 12.1 Å². The number of carbonyl (C=O) groups is 2. The number of ether oxygens (including phenoxy) is 1. The van der Waals surface area contributed by atoms with Crippen LogP contribution in [0.1, 0.15) is 46.9 Å². The van der Waals surface area contributed by atoms with Gasteiger partial charge in [0.15, 0.2) is 0 Å². The average Bonchev–Trinajstić information content (AvgIpc) is 2.34. The van der Waals surface area contributed by atoms with E-state index in [1.807, 2.05) is 6.92 Å². The Morgan fingerprint density at radius 1 is 1.18 bits per heavy atom. The molecule has 4 nitrogen and oxygen atoms in total. The zero-order valence-corrected chi connectivity index (χ0v) is 9.77. The van der Waals surface area contributed by atoms with Crippen molar-refractivity contribution in [2.24, 2.45) is 0 Å². The minimum absolute atomic E-state index is 0.0454. The van der Waals surface area contributed by atoms with Gasteiger partial charge in [0.1, 0.15) is 0 Å². The maximum absolute atomic E-state index is 11.6. The first-order chi connectivity index (χ1) is 8.16. The number of rotatable bonds is 6. The van der Waals surface area contributed by atoms with E-state index in [1.54, 1.807) is 12.1 Å². The summed E-state index contributed by atoms with van der Waals surface area (Å²) in [5, 5.41) is 10.8. The van der Waals surface area contributed by atoms with Gasteiger partial charge in [0.25, 0.3) is 0 Å². The lowest BCUT2D eigenvalue weighted by molar-refractivity contribution is -0.255. The molecule has 0 atom stereocenters. The number of carboxylic acid groups (broad SMARTS) is 1. The van der Waals surface area contributed by atoms with Gasteiger partial charge in [0.2, 0.25) is 0 Å². The molecule has 1 aromatic carbocycles. The summed E-state index contributed by atoms with van der Waals surface area (Å²) >= 11 is 0. The molecule has 0 unspecified atom stereocenters. The maximum Gasteiger partial charge on any atom is 0.338 e. The molecule has 0 aromatic heterocycles. The molecular weight excluding hydrogens is 220 g/mol. The van der Waals surface area contributed by atoms with Crippen molar-refractivity contribution in [3.05, 3.63) is 35.4 Å². The number of hydrogen-bond acceptors (Lipinski definition) is 4. The number of aromatic carboxylic acids is 1. The Balaban J connectivity index is 2.65. The van der Waals surface area contributed by atoms with Gasteiger partial charge in [0, 0.05) is 5.56 Å². The summed E-state index contributed by atoms with van der Waals surface area (Å²) < 4.78 is 4.99. The molecular formula is C13H15O4-. The van der Waals surface area contributed by atoms with Crippen molar-refractivity contribution in [1.29, 1.82) is 0 Å². The Hall–Kier alpha value is -1.84. The molecule has 0 aliphatic heterocycles. The van der Waals surface area contributed by atoms with E-state index in [0.29, 0.717) is 6.61 Å². The normalized spacial score (nSPS) is 9.94. The third kappa shape index (κ3) is 3.90. The fourth-order valence-electron chi connectivity index (χ4n) is 1.43. The van der Waals surface area contributed by atoms with E-state index in [-0.39, 0.29) is 11.1 Å². The van der Waals surface area contributed by atoms with Crippen LogP contribution in [-0.2, 0) is 4.74 Å². The second-order valence-corrected chi connectivity index (χ2v) is 3.68. The monoisotopic (exact) mass is 235 g/mol. The van der Waals surface area contributed by atoms with Crippen molar-refractivity contribution in [3.8, 4) is 0 Å². The Bertz CT molecular complexity index is 398. The molecule has 0 aliphatic rings. The highest BCUT2D eigenvalue weighted by Crippen LogP contribution is 2.10. The molecule has 0 saturated heterocycles. The van der Waals surface area contributed by atoms with Gasteiger partial charge in [0.05, 0.1) is 18.1 Å². The highest BCUT2D eigenvalue weighted by Gasteiger charge is 2.12. The number of hydrogen-bond donors (Lipinski definition) is 0. The van der Waals surface area contributed by atoms with E-state index < -0.39 is 11.9 Å². The van der Waals surface area contributed by atoms with Crippen LogP contribution < -0.4 is 5.11 Å². The second kappa shape index (κ2) is 6.68. The molecule has 0 aliphatic carbocycles.